The van der Waals surface area contributed by atoms with Crippen molar-refractivity contribution in [1.82, 2.24) is 0 Å². The molecule has 1 aliphatic heterocycles. The third-order valence-corrected chi connectivity index (χ3v) is 2.86. The molecule has 1 saturated heterocycles. The molecule has 15 heavy (non-hydrogen) atoms. The Morgan fingerprint density at radius 1 is 1.53 bits per heavy atom. The molecule has 0 radical (unpaired) electrons. The Hall–Kier alpha value is -0.610. The first kappa shape index (κ1) is 12.5. The molecule has 88 valence electrons. The molecule has 1 fully saturated rings. The zero-order valence-corrected chi connectivity index (χ0v) is 9.28. The van der Waals surface area contributed by atoms with Gasteiger partial charge in [-0.15, -0.1) is 0 Å². The van der Waals surface area contributed by atoms with Gasteiger partial charge < -0.3 is 14.6 Å². The number of ether oxygens (including phenoxy) is 2. The van der Waals surface area contributed by atoms with Crippen LogP contribution in [-0.2, 0) is 14.3 Å². The number of carbonyl (C=O) groups is 1. The van der Waals surface area contributed by atoms with Crippen LogP contribution < -0.4 is 0 Å². The van der Waals surface area contributed by atoms with Crippen molar-refractivity contribution in [2.24, 2.45) is 5.92 Å². The number of aliphatic hydroxyl groups excluding tert-OH is 1. The van der Waals surface area contributed by atoms with Gasteiger partial charge in [0.1, 0.15) is 0 Å². The maximum absolute atomic E-state index is 11.0. The molecule has 0 aromatic heterocycles. The molecule has 4 nitrogen and oxygen atoms in total. The molecule has 1 aliphatic rings. The Morgan fingerprint density at radius 2 is 2.33 bits per heavy atom. The van der Waals surface area contributed by atoms with Crippen molar-refractivity contribution in [2.75, 3.05) is 20.3 Å². The van der Waals surface area contributed by atoms with E-state index in [1.807, 2.05) is 0 Å². The number of aliphatic hydroxyl groups is 1. The second kappa shape index (κ2) is 6.80. The first-order valence-electron chi connectivity index (χ1n) is 5.55. The van der Waals surface area contributed by atoms with Gasteiger partial charge in [-0.05, 0) is 31.6 Å². The van der Waals surface area contributed by atoms with E-state index in [2.05, 4.69) is 4.74 Å². The van der Waals surface area contributed by atoms with Gasteiger partial charge in [0, 0.05) is 13.2 Å². The molecular formula is C11H20O4. The summed E-state index contributed by atoms with van der Waals surface area (Å²) in [6.07, 6.45) is 4.26. The van der Waals surface area contributed by atoms with Crippen LogP contribution in [0.1, 0.15) is 32.1 Å². The summed E-state index contributed by atoms with van der Waals surface area (Å²) in [5.41, 5.74) is 0. The van der Waals surface area contributed by atoms with Gasteiger partial charge in [-0.2, -0.15) is 0 Å². The molecule has 2 atom stereocenters. The van der Waals surface area contributed by atoms with Crippen molar-refractivity contribution >= 4 is 5.97 Å². The Morgan fingerprint density at radius 3 is 2.87 bits per heavy atom. The van der Waals surface area contributed by atoms with Crippen LogP contribution in [-0.4, -0.2) is 37.5 Å². The number of hydrogen-bond donors (Lipinski definition) is 1. The second-order valence-corrected chi connectivity index (χ2v) is 4.04. The lowest BCUT2D eigenvalue weighted by molar-refractivity contribution is -0.145. The first-order chi connectivity index (χ1) is 7.26. The standard InChI is InChI=1S/C11H20O4/c1-14-11(13)7-10-5-4-9(8-15-10)3-2-6-12/h9-10,12H,2-8H2,1H3/t9-,10+/m0/s1. The van der Waals surface area contributed by atoms with Gasteiger partial charge >= 0.3 is 5.97 Å². The highest BCUT2D eigenvalue weighted by Crippen LogP contribution is 2.24. The fourth-order valence-corrected chi connectivity index (χ4v) is 1.90. The Balaban J connectivity index is 2.15. The average Bonchev–Trinajstić information content (AvgIpc) is 2.28. The molecule has 4 heteroatoms. The minimum Gasteiger partial charge on any atom is -0.469 e. The topological polar surface area (TPSA) is 55.8 Å². The van der Waals surface area contributed by atoms with E-state index in [0.29, 0.717) is 18.9 Å². The SMILES string of the molecule is COC(=O)C[C@H]1CC[C@H](CCCO)CO1. The van der Waals surface area contributed by atoms with E-state index in [4.69, 9.17) is 9.84 Å². The maximum Gasteiger partial charge on any atom is 0.308 e. The molecule has 0 aromatic rings. The molecule has 0 aliphatic carbocycles. The molecule has 0 aromatic carbocycles. The quantitative estimate of drug-likeness (QED) is 0.700. The number of methoxy groups -OCH3 is 1. The van der Waals surface area contributed by atoms with Crippen LogP contribution in [0.25, 0.3) is 0 Å². The fourth-order valence-electron chi connectivity index (χ4n) is 1.90. The van der Waals surface area contributed by atoms with Gasteiger partial charge in [0.25, 0.3) is 0 Å². The van der Waals surface area contributed by atoms with Crippen molar-refractivity contribution in [3.05, 3.63) is 0 Å². The number of esters is 1. The molecule has 1 heterocycles. The molecule has 0 bridgehead atoms. The van der Waals surface area contributed by atoms with Crippen LogP contribution in [0.3, 0.4) is 0 Å². The van der Waals surface area contributed by atoms with Crippen molar-refractivity contribution in [3.8, 4) is 0 Å². The Bertz CT molecular complexity index is 185. The summed E-state index contributed by atoms with van der Waals surface area (Å²) in [7, 11) is 1.40. The van der Waals surface area contributed by atoms with Crippen LogP contribution in [0.5, 0.6) is 0 Å². The van der Waals surface area contributed by atoms with Crippen LogP contribution in [0.2, 0.25) is 0 Å². The van der Waals surface area contributed by atoms with Crippen molar-refractivity contribution in [2.45, 2.75) is 38.2 Å². The smallest absolute Gasteiger partial charge is 0.308 e. The molecule has 0 unspecified atom stereocenters. The lowest BCUT2D eigenvalue weighted by Crippen LogP contribution is -2.28. The Kier molecular flexibility index (Phi) is 5.65. The normalized spacial score (nSPS) is 26.3. The largest absolute Gasteiger partial charge is 0.469 e. The van der Waals surface area contributed by atoms with Crippen molar-refractivity contribution in [3.63, 3.8) is 0 Å². The van der Waals surface area contributed by atoms with E-state index in [0.717, 1.165) is 25.7 Å². The predicted octanol–water partition coefficient (Wildman–Crippen LogP) is 1.12. The summed E-state index contributed by atoms with van der Waals surface area (Å²) >= 11 is 0. The van der Waals surface area contributed by atoms with Gasteiger partial charge in [0.05, 0.1) is 19.6 Å². The predicted molar refractivity (Wildman–Crippen MR) is 55.4 cm³/mol. The zero-order chi connectivity index (χ0) is 11.1. The van der Waals surface area contributed by atoms with Crippen LogP contribution in [0.15, 0.2) is 0 Å². The summed E-state index contributed by atoms with van der Waals surface area (Å²) in [5.74, 6) is 0.347. The second-order valence-electron chi connectivity index (χ2n) is 4.04. The number of hydrogen-bond acceptors (Lipinski definition) is 4. The van der Waals surface area contributed by atoms with Crippen LogP contribution in [0.4, 0.5) is 0 Å². The molecule has 1 N–H and O–H groups in total. The number of rotatable bonds is 5. The average molecular weight is 216 g/mol. The van der Waals surface area contributed by atoms with Gasteiger partial charge in [-0.1, -0.05) is 0 Å². The van der Waals surface area contributed by atoms with E-state index in [1.54, 1.807) is 0 Å². The third-order valence-electron chi connectivity index (χ3n) is 2.86. The summed E-state index contributed by atoms with van der Waals surface area (Å²) in [5, 5.41) is 8.70. The van der Waals surface area contributed by atoms with Gasteiger partial charge in [-0.3, -0.25) is 4.79 Å². The lowest BCUT2D eigenvalue weighted by atomic mass is 9.93. The third kappa shape index (κ3) is 4.62. The Labute approximate surface area is 90.6 Å². The lowest BCUT2D eigenvalue weighted by Gasteiger charge is -2.28. The van der Waals surface area contributed by atoms with E-state index >= 15 is 0 Å². The molecular weight excluding hydrogens is 196 g/mol. The van der Waals surface area contributed by atoms with Crippen molar-refractivity contribution < 1.29 is 19.4 Å². The van der Waals surface area contributed by atoms with E-state index in [9.17, 15) is 4.79 Å². The van der Waals surface area contributed by atoms with E-state index in [-0.39, 0.29) is 18.7 Å². The maximum atomic E-state index is 11.0. The van der Waals surface area contributed by atoms with E-state index < -0.39 is 0 Å². The number of carbonyl (C=O) groups excluding carboxylic acids is 1. The highest BCUT2D eigenvalue weighted by Gasteiger charge is 2.23. The van der Waals surface area contributed by atoms with Gasteiger partial charge in [-0.25, -0.2) is 0 Å². The van der Waals surface area contributed by atoms with Crippen LogP contribution in [0, 0.1) is 5.92 Å². The summed E-state index contributed by atoms with van der Waals surface area (Å²) in [4.78, 5) is 11.0. The summed E-state index contributed by atoms with van der Waals surface area (Å²) in [6, 6.07) is 0. The van der Waals surface area contributed by atoms with Crippen LogP contribution >= 0.6 is 0 Å². The fraction of sp³-hybridized carbons (Fsp3) is 0.909. The highest BCUT2D eigenvalue weighted by molar-refractivity contribution is 5.69. The minimum atomic E-state index is -0.200. The molecule has 1 rings (SSSR count). The molecule has 0 amide bonds. The monoisotopic (exact) mass is 216 g/mol. The van der Waals surface area contributed by atoms with Gasteiger partial charge in [0.2, 0.25) is 0 Å². The van der Waals surface area contributed by atoms with E-state index in [1.165, 1.54) is 7.11 Å². The molecule has 0 saturated carbocycles. The zero-order valence-electron chi connectivity index (χ0n) is 9.28. The highest BCUT2D eigenvalue weighted by atomic mass is 16.5. The van der Waals surface area contributed by atoms with Gasteiger partial charge in [0.15, 0.2) is 0 Å². The summed E-state index contributed by atoms with van der Waals surface area (Å²) < 4.78 is 10.2. The van der Waals surface area contributed by atoms with Crippen molar-refractivity contribution in [1.29, 1.82) is 0 Å². The minimum absolute atomic E-state index is 0.0304. The molecule has 0 spiro atoms. The summed E-state index contributed by atoms with van der Waals surface area (Å²) in [6.45, 7) is 0.962. The first-order valence-corrected chi connectivity index (χ1v) is 5.55.